The minimum absolute atomic E-state index is 0.256. The van der Waals surface area contributed by atoms with Crippen molar-refractivity contribution in [2.45, 2.75) is 13.1 Å². The van der Waals surface area contributed by atoms with Crippen LogP contribution >= 0.6 is 12.2 Å². The van der Waals surface area contributed by atoms with Crippen LogP contribution in [0.3, 0.4) is 0 Å². The molecule has 1 aromatic heterocycles. The fraction of sp³-hybridized carbons (Fsp3) is 0.238. The Balaban J connectivity index is 1.51. The van der Waals surface area contributed by atoms with Crippen molar-refractivity contribution in [1.29, 1.82) is 0 Å². The minimum atomic E-state index is -0.256. The summed E-state index contributed by atoms with van der Waals surface area (Å²) in [6.07, 6.45) is 3.29. The standard InChI is InChI=1S/C21H21FN4S/c1-24-20(18-7-9-19(22)10-8-18)23-26(21(24)27)15-25-13-11-17(12-14-25)16-5-3-2-4-6-16/h2-11H,12-15H2,1H3. The molecule has 1 aliphatic heterocycles. The highest BCUT2D eigenvalue weighted by Gasteiger charge is 2.16. The van der Waals surface area contributed by atoms with Crippen LogP contribution in [0.25, 0.3) is 17.0 Å². The van der Waals surface area contributed by atoms with E-state index in [2.05, 4.69) is 40.3 Å². The van der Waals surface area contributed by atoms with Crippen molar-refractivity contribution in [3.05, 3.63) is 76.8 Å². The molecule has 2 heterocycles. The van der Waals surface area contributed by atoms with Gasteiger partial charge >= 0.3 is 0 Å². The van der Waals surface area contributed by atoms with E-state index in [9.17, 15) is 4.39 Å². The molecule has 0 amide bonds. The molecule has 0 radical (unpaired) electrons. The van der Waals surface area contributed by atoms with Gasteiger partial charge in [0, 0.05) is 25.7 Å². The largest absolute Gasteiger partial charge is 0.303 e. The van der Waals surface area contributed by atoms with E-state index in [0.717, 1.165) is 30.9 Å². The molecule has 4 nitrogen and oxygen atoms in total. The van der Waals surface area contributed by atoms with Gasteiger partial charge in [0.15, 0.2) is 10.6 Å². The third-order valence-corrected chi connectivity index (χ3v) is 5.40. The quantitative estimate of drug-likeness (QED) is 0.623. The SMILES string of the molecule is Cn1c(-c2ccc(F)cc2)nn(CN2CC=C(c3ccccc3)CC2)c1=S. The maximum atomic E-state index is 13.2. The Morgan fingerprint density at radius 3 is 2.44 bits per heavy atom. The van der Waals surface area contributed by atoms with Gasteiger partial charge in [-0.2, -0.15) is 5.10 Å². The lowest BCUT2D eigenvalue weighted by molar-refractivity contribution is 0.226. The second kappa shape index (κ2) is 7.58. The first kappa shape index (κ1) is 17.8. The molecule has 6 heteroatoms. The number of rotatable bonds is 4. The van der Waals surface area contributed by atoms with Crippen LogP contribution in [0.2, 0.25) is 0 Å². The van der Waals surface area contributed by atoms with Gasteiger partial charge in [0.05, 0.1) is 6.67 Å². The lowest BCUT2D eigenvalue weighted by Crippen LogP contribution is -2.31. The summed E-state index contributed by atoms with van der Waals surface area (Å²) in [7, 11) is 1.90. The zero-order valence-corrected chi connectivity index (χ0v) is 16.0. The van der Waals surface area contributed by atoms with Crippen molar-refractivity contribution in [3.63, 3.8) is 0 Å². The van der Waals surface area contributed by atoms with E-state index in [1.807, 2.05) is 22.4 Å². The Bertz CT molecular complexity index is 1020. The predicted octanol–water partition coefficient (Wildman–Crippen LogP) is 4.50. The van der Waals surface area contributed by atoms with E-state index in [0.29, 0.717) is 11.4 Å². The Labute approximate surface area is 163 Å². The van der Waals surface area contributed by atoms with Gasteiger partial charge in [-0.3, -0.25) is 4.90 Å². The maximum Gasteiger partial charge on any atom is 0.199 e. The number of hydrogen-bond donors (Lipinski definition) is 0. The van der Waals surface area contributed by atoms with E-state index in [-0.39, 0.29) is 5.82 Å². The molecule has 0 saturated heterocycles. The second-order valence-electron chi connectivity index (χ2n) is 6.74. The van der Waals surface area contributed by atoms with Gasteiger partial charge in [-0.05, 0) is 54.0 Å². The molecule has 3 aromatic rings. The molecule has 0 N–H and O–H groups in total. The van der Waals surface area contributed by atoms with Crippen molar-refractivity contribution in [2.75, 3.05) is 13.1 Å². The molecule has 0 fully saturated rings. The molecule has 138 valence electrons. The highest BCUT2D eigenvalue weighted by molar-refractivity contribution is 7.71. The van der Waals surface area contributed by atoms with Crippen LogP contribution in [0.15, 0.2) is 60.7 Å². The summed E-state index contributed by atoms with van der Waals surface area (Å²) in [6, 6.07) is 16.9. The average Bonchev–Trinajstić information content (AvgIpc) is 2.98. The average molecular weight is 380 g/mol. The molecule has 0 atom stereocenters. The van der Waals surface area contributed by atoms with Crippen LogP contribution in [-0.4, -0.2) is 32.3 Å². The van der Waals surface area contributed by atoms with Gasteiger partial charge in [0.2, 0.25) is 0 Å². The molecule has 4 rings (SSSR count). The van der Waals surface area contributed by atoms with Gasteiger partial charge < -0.3 is 4.57 Å². The van der Waals surface area contributed by atoms with Crippen molar-refractivity contribution >= 4 is 17.8 Å². The highest BCUT2D eigenvalue weighted by Crippen LogP contribution is 2.23. The summed E-state index contributed by atoms with van der Waals surface area (Å²) < 4.78 is 17.6. The third-order valence-electron chi connectivity index (χ3n) is 4.92. The summed E-state index contributed by atoms with van der Waals surface area (Å²) in [5, 5.41) is 4.67. The molecule has 1 aliphatic rings. The molecule has 0 spiro atoms. The molecule has 27 heavy (non-hydrogen) atoms. The van der Waals surface area contributed by atoms with E-state index >= 15 is 0 Å². The van der Waals surface area contributed by atoms with Gasteiger partial charge in [-0.15, -0.1) is 0 Å². The maximum absolute atomic E-state index is 13.2. The van der Waals surface area contributed by atoms with Gasteiger partial charge in [-0.25, -0.2) is 9.07 Å². The zero-order chi connectivity index (χ0) is 18.8. The minimum Gasteiger partial charge on any atom is -0.303 e. The van der Waals surface area contributed by atoms with E-state index < -0.39 is 0 Å². The lowest BCUT2D eigenvalue weighted by atomic mass is 10.00. The fourth-order valence-corrected chi connectivity index (χ4v) is 3.56. The second-order valence-corrected chi connectivity index (χ2v) is 7.10. The monoisotopic (exact) mass is 380 g/mol. The Morgan fingerprint density at radius 2 is 1.78 bits per heavy atom. The summed E-state index contributed by atoms with van der Waals surface area (Å²) in [6.45, 7) is 2.48. The van der Waals surface area contributed by atoms with Crippen LogP contribution in [0.1, 0.15) is 12.0 Å². The molecular weight excluding hydrogens is 359 g/mol. The summed E-state index contributed by atoms with van der Waals surface area (Å²) in [5.41, 5.74) is 3.54. The summed E-state index contributed by atoms with van der Waals surface area (Å²) in [4.78, 5) is 2.32. The molecular formula is C21H21FN4S. The van der Waals surface area contributed by atoms with Gasteiger partial charge in [-0.1, -0.05) is 36.4 Å². The number of nitrogens with zero attached hydrogens (tertiary/aromatic N) is 4. The van der Waals surface area contributed by atoms with E-state index in [4.69, 9.17) is 12.2 Å². The Kier molecular flexibility index (Phi) is 5.01. The van der Waals surface area contributed by atoms with Crippen LogP contribution in [0, 0.1) is 10.6 Å². The van der Waals surface area contributed by atoms with Crippen molar-refractivity contribution < 1.29 is 4.39 Å². The summed E-state index contributed by atoms with van der Waals surface area (Å²) in [5.74, 6) is 0.492. The lowest BCUT2D eigenvalue weighted by Gasteiger charge is -2.26. The highest BCUT2D eigenvalue weighted by atomic mass is 32.1. The van der Waals surface area contributed by atoms with Gasteiger partial charge in [0.1, 0.15) is 5.82 Å². The first-order valence-corrected chi connectivity index (χ1v) is 9.39. The molecule has 0 aliphatic carbocycles. The summed E-state index contributed by atoms with van der Waals surface area (Å²) >= 11 is 5.56. The topological polar surface area (TPSA) is 26.0 Å². The van der Waals surface area contributed by atoms with Crippen LogP contribution < -0.4 is 0 Å². The number of benzene rings is 2. The Morgan fingerprint density at radius 1 is 1.04 bits per heavy atom. The molecule has 2 aromatic carbocycles. The number of hydrogen-bond acceptors (Lipinski definition) is 3. The zero-order valence-electron chi connectivity index (χ0n) is 15.2. The molecule has 0 bridgehead atoms. The first-order chi connectivity index (χ1) is 13.1. The normalized spacial score (nSPS) is 15.0. The van der Waals surface area contributed by atoms with Crippen molar-refractivity contribution in [1.82, 2.24) is 19.2 Å². The van der Waals surface area contributed by atoms with Crippen LogP contribution in [0.4, 0.5) is 4.39 Å². The van der Waals surface area contributed by atoms with Crippen LogP contribution in [0.5, 0.6) is 0 Å². The van der Waals surface area contributed by atoms with E-state index in [1.165, 1.54) is 23.3 Å². The van der Waals surface area contributed by atoms with E-state index in [1.54, 1.807) is 12.1 Å². The number of halogens is 1. The third kappa shape index (κ3) is 3.77. The Hall–Kier alpha value is -2.57. The number of aromatic nitrogens is 3. The predicted molar refractivity (Wildman–Crippen MR) is 108 cm³/mol. The first-order valence-electron chi connectivity index (χ1n) is 8.98. The van der Waals surface area contributed by atoms with Crippen molar-refractivity contribution in [3.8, 4) is 11.4 Å². The molecule has 0 saturated carbocycles. The van der Waals surface area contributed by atoms with Crippen LogP contribution in [-0.2, 0) is 13.7 Å². The molecule has 0 unspecified atom stereocenters. The fourth-order valence-electron chi connectivity index (χ4n) is 3.37. The van der Waals surface area contributed by atoms with Crippen molar-refractivity contribution in [2.24, 2.45) is 7.05 Å². The smallest absolute Gasteiger partial charge is 0.199 e. The van der Waals surface area contributed by atoms with Gasteiger partial charge in [0.25, 0.3) is 0 Å².